The van der Waals surface area contributed by atoms with Gasteiger partial charge in [0.1, 0.15) is 5.60 Å². The van der Waals surface area contributed by atoms with E-state index >= 15 is 0 Å². The summed E-state index contributed by atoms with van der Waals surface area (Å²) in [5.74, 6) is 0.919. The Hall–Kier alpha value is -0.790. The molecule has 0 radical (unpaired) electrons. The summed E-state index contributed by atoms with van der Waals surface area (Å²) >= 11 is 0. The van der Waals surface area contributed by atoms with Gasteiger partial charge in [0.2, 0.25) is 0 Å². The second-order valence-electron chi connectivity index (χ2n) is 7.75. The smallest absolute Gasteiger partial charge is 0.313 e. The molecule has 3 fully saturated rings. The van der Waals surface area contributed by atoms with Crippen LogP contribution in [0.3, 0.4) is 0 Å². The number of carbonyl (C=O) groups excluding carboxylic acids is 1. The number of allylic oxidation sites excluding steroid dienone is 1. The van der Waals surface area contributed by atoms with E-state index in [1.807, 2.05) is 6.08 Å². The van der Waals surface area contributed by atoms with Crippen molar-refractivity contribution in [3.63, 3.8) is 0 Å². The van der Waals surface area contributed by atoms with Crippen LogP contribution in [0.15, 0.2) is 12.7 Å². The van der Waals surface area contributed by atoms with Crippen molar-refractivity contribution in [2.75, 3.05) is 0 Å². The molecular weight excluding hydrogens is 236 g/mol. The summed E-state index contributed by atoms with van der Waals surface area (Å²) in [5.41, 5.74) is -0.194. The van der Waals surface area contributed by atoms with E-state index in [9.17, 15) is 4.79 Å². The Morgan fingerprint density at radius 1 is 1.32 bits per heavy atom. The number of esters is 1. The van der Waals surface area contributed by atoms with Crippen LogP contribution in [0.5, 0.6) is 0 Å². The van der Waals surface area contributed by atoms with E-state index in [1.165, 1.54) is 6.42 Å². The lowest BCUT2D eigenvalue weighted by Gasteiger charge is -2.55. The SMILES string of the molecule is C=CC[C@@H]1[C@@]23CCCC(C)(C)[C@@H]2CC[C@]1(C)OC3=O. The van der Waals surface area contributed by atoms with Crippen LogP contribution in [0.2, 0.25) is 0 Å². The first-order valence-electron chi connectivity index (χ1n) is 7.71. The Kier molecular flexibility index (Phi) is 2.69. The number of carbonyl (C=O) groups is 1. The molecule has 0 amide bonds. The van der Waals surface area contributed by atoms with Crippen LogP contribution in [-0.2, 0) is 9.53 Å². The van der Waals surface area contributed by atoms with Crippen molar-refractivity contribution in [1.82, 2.24) is 0 Å². The third-order valence-electron chi connectivity index (χ3n) is 6.37. The maximum absolute atomic E-state index is 12.7. The molecule has 3 rings (SSSR count). The zero-order valence-corrected chi connectivity index (χ0v) is 12.5. The molecule has 19 heavy (non-hydrogen) atoms. The van der Waals surface area contributed by atoms with Gasteiger partial charge < -0.3 is 4.74 Å². The molecule has 3 aliphatic rings. The molecule has 1 spiro atoms. The fourth-order valence-corrected chi connectivity index (χ4v) is 5.54. The summed E-state index contributed by atoms with van der Waals surface area (Å²) in [4.78, 5) is 12.7. The maximum atomic E-state index is 12.7. The standard InChI is InChI=1S/C17H26O2/c1-5-7-13-16(4)11-8-12-15(2,3)9-6-10-17(12,13)14(18)19-16/h5,12-13H,1,6-11H2,2-4H3/t12-,13-,16-,17+/m0/s1. The summed E-state index contributed by atoms with van der Waals surface area (Å²) in [7, 11) is 0. The summed E-state index contributed by atoms with van der Waals surface area (Å²) in [6, 6.07) is 0. The zero-order valence-electron chi connectivity index (χ0n) is 12.5. The average molecular weight is 262 g/mol. The third-order valence-corrected chi connectivity index (χ3v) is 6.37. The minimum atomic E-state index is -0.241. The van der Waals surface area contributed by atoms with Crippen molar-refractivity contribution in [3.8, 4) is 0 Å². The van der Waals surface area contributed by atoms with Crippen LogP contribution < -0.4 is 0 Å². The van der Waals surface area contributed by atoms with Gasteiger partial charge in [-0.3, -0.25) is 4.79 Å². The van der Waals surface area contributed by atoms with Crippen LogP contribution in [0.25, 0.3) is 0 Å². The third kappa shape index (κ3) is 1.52. The van der Waals surface area contributed by atoms with Crippen molar-refractivity contribution in [3.05, 3.63) is 12.7 Å². The Morgan fingerprint density at radius 2 is 2.05 bits per heavy atom. The highest BCUT2D eigenvalue weighted by Gasteiger charge is 2.70. The fourth-order valence-electron chi connectivity index (χ4n) is 5.54. The lowest BCUT2D eigenvalue weighted by Crippen LogP contribution is -2.55. The van der Waals surface area contributed by atoms with Crippen molar-refractivity contribution in [2.24, 2.45) is 22.7 Å². The number of rotatable bonds is 2. The molecule has 0 N–H and O–H groups in total. The van der Waals surface area contributed by atoms with Crippen molar-refractivity contribution in [2.45, 2.75) is 64.9 Å². The van der Waals surface area contributed by atoms with Gasteiger partial charge in [-0.1, -0.05) is 26.3 Å². The zero-order chi connectivity index (χ0) is 13.9. The van der Waals surface area contributed by atoms with Gasteiger partial charge in [-0.05, 0) is 50.4 Å². The second-order valence-corrected chi connectivity index (χ2v) is 7.75. The molecular formula is C17H26O2. The molecule has 1 saturated heterocycles. The minimum absolute atomic E-state index is 0.0946. The number of fused-ring (bicyclic) bond motifs is 1. The van der Waals surface area contributed by atoms with E-state index in [-0.39, 0.29) is 22.4 Å². The van der Waals surface area contributed by atoms with Gasteiger partial charge in [0.25, 0.3) is 0 Å². The highest BCUT2D eigenvalue weighted by atomic mass is 16.6. The van der Waals surface area contributed by atoms with Gasteiger partial charge in [0.05, 0.1) is 5.41 Å². The molecule has 2 saturated carbocycles. The average Bonchev–Trinajstić information content (AvgIpc) is 2.43. The van der Waals surface area contributed by atoms with E-state index in [0.29, 0.717) is 11.8 Å². The van der Waals surface area contributed by atoms with E-state index in [4.69, 9.17) is 4.74 Å². The van der Waals surface area contributed by atoms with Gasteiger partial charge in [0.15, 0.2) is 0 Å². The normalized spacial score (nSPS) is 47.4. The van der Waals surface area contributed by atoms with Gasteiger partial charge in [-0.15, -0.1) is 6.58 Å². The first kappa shape index (κ1) is 13.2. The minimum Gasteiger partial charge on any atom is -0.459 e. The van der Waals surface area contributed by atoms with Crippen LogP contribution in [0.4, 0.5) is 0 Å². The lowest BCUT2D eigenvalue weighted by molar-refractivity contribution is -0.156. The summed E-state index contributed by atoms with van der Waals surface area (Å²) in [6.45, 7) is 10.7. The molecule has 4 atom stereocenters. The molecule has 0 aromatic carbocycles. The van der Waals surface area contributed by atoms with E-state index in [0.717, 1.165) is 32.1 Å². The predicted octanol–water partition coefficient (Wildman–Crippen LogP) is 4.10. The Balaban J connectivity index is 2.11. The largest absolute Gasteiger partial charge is 0.459 e. The summed E-state index contributed by atoms with van der Waals surface area (Å²) in [6.07, 6.45) is 8.47. The van der Waals surface area contributed by atoms with Crippen molar-refractivity contribution < 1.29 is 9.53 Å². The quantitative estimate of drug-likeness (QED) is 0.553. The molecule has 2 heteroatoms. The molecule has 106 valence electrons. The van der Waals surface area contributed by atoms with Crippen LogP contribution in [0, 0.1) is 22.7 Å². The topological polar surface area (TPSA) is 26.3 Å². The molecule has 2 aliphatic carbocycles. The number of hydrogen-bond acceptors (Lipinski definition) is 2. The van der Waals surface area contributed by atoms with Gasteiger partial charge in [-0.25, -0.2) is 0 Å². The molecule has 2 nitrogen and oxygen atoms in total. The van der Waals surface area contributed by atoms with E-state index in [2.05, 4.69) is 27.4 Å². The highest BCUT2D eigenvalue weighted by molar-refractivity contribution is 5.81. The molecule has 1 heterocycles. The molecule has 1 aliphatic heterocycles. The molecule has 0 unspecified atom stereocenters. The first-order chi connectivity index (χ1) is 8.87. The predicted molar refractivity (Wildman–Crippen MR) is 75.6 cm³/mol. The van der Waals surface area contributed by atoms with E-state index in [1.54, 1.807) is 0 Å². The highest BCUT2D eigenvalue weighted by Crippen LogP contribution is 2.67. The molecule has 0 aromatic rings. The van der Waals surface area contributed by atoms with Crippen LogP contribution in [0.1, 0.15) is 59.3 Å². The van der Waals surface area contributed by atoms with Gasteiger partial charge >= 0.3 is 5.97 Å². The van der Waals surface area contributed by atoms with E-state index < -0.39 is 0 Å². The Bertz CT molecular complexity index is 425. The van der Waals surface area contributed by atoms with Crippen molar-refractivity contribution in [1.29, 1.82) is 0 Å². The number of hydrogen-bond donors (Lipinski definition) is 0. The van der Waals surface area contributed by atoms with Crippen molar-refractivity contribution >= 4 is 5.97 Å². The summed E-state index contributed by atoms with van der Waals surface area (Å²) in [5, 5.41) is 0. The number of ether oxygens (including phenoxy) is 1. The molecule has 2 bridgehead atoms. The van der Waals surface area contributed by atoms with Gasteiger partial charge in [-0.2, -0.15) is 0 Å². The second kappa shape index (κ2) is 3.86. The van der Waals surface area contributed by atoms with Crippen LogP contribution >= 0.6 is 0 Å². The van der Waals surface area contributed by atoms with Gasteiger partial charge in [0, 0.05) is 5.92 Å². The molecule has 0 aromatic heterocycles. The lowest BCUT2D eigenvalue weighted by atomic mass is 9.46. The monoisotopic (exact) mass is 262 g/mol. The Labute approximate surface area is 116 Å². The first-order valence-corrected chi connectivity index (χ1v) is 7.71. The summed E-state index contributed by atoms with van der Waals surface area (Å²) < 4.78 is 5.90. The Morgan fingerprint density at radius 3 is 2.74 bits per heavy atom. The van der Waals surface area contributed by atoms with Crippen LogP contribution in [-0.4, -0.2) is 11.6 Å². The fraction of sp³-hybridized carbons (Fsp3) is 0.824. The maximum Gasteiger partial charge on any atom is 0.313 e.